The SMILES string of the molecule is CC(CCC(N)=O)C(NCc1ccccc1)[P@](C)(=O)c1ccccc1. The van der Waals surface area contributed by atoms with E-state index >= 15 is 0 Å². The zero-order valence-corrected chi connectivity index (χ0v) is 15.8. The van der Waals surface area contributed by atoms with Gasteiger partial charge in [0.25, 0.3) is 0 Å². The summed E-state index contributed by atoms with van der Waals surface area (Å²) in [6.07, 6.45) is 0.923. The zero-order valence-electron chi connectivity index (χ0n) is 14.9. The van der Waals surface area contributed by atoms with E-state index in [1.54, 1.807) is 0 Å². The maximum Gasteiger partial charge on any atom is 0.217 e. The molecule has 2 aromatic carbocycles. The van der Waals surface area contributed by atoms with Gasteiger partial charge >= 0.3 is 0 Å². The molecule has 0 fully saturated rings. The Morgan fingerprint density at radius 1 is 1.08 bits per heavy atom. The van der Waals surface area contributed by atoms with Crippen molar-refractivity contribution < 1.29 is 9.36 Å². The summed E-state index contributed by atoms with van der Waals surface area (Å²) in [6, 6.07) is 19.6. The Morgan fingerprint density at radius 3 is 2.20 bits per heavy atom. The van der Waals surface area contributed by atoms with Crippen LogP contribution >= 0.6 is 7.14 Å². The zero-order chi connectivity index (χ0) is 18.3. The Morgan fingerprint density at radius 2 is 1.64 bits per heavy atom. The predicted molar refractivity (Wildman–Crippen MR) is 104 cm³/mol. The molecule has 25 heavy (non-hydrogen) atoms. The van der Waals surface area contributed by atoms with Crippen LogP contribution in [-0.2, 0) is 15.9 Å². The standard InChI is InChI=1S/C20H27N2O2P/c1-16(13-14-19(21)23)20(22-15-17-9-5-3-6-10-17)25(2,24)18-11-7-4-8-12-18/h3-12,16,20,22H,13-15H2,1-2H3,(H2,21,23)/t16?,20?,25-/m1/s1. The van der Waals surface area contributed by atoms with Gasteiger partial charge in [-0.2, -0.15) is 0 Å². The van der Waals surface area contributed by atoms with E-state index < -0.39 is 7.14 Å². The van der Waals surface area contributed by atoms with Crippen LogP contribution in [0, 0.1) is 5.92 Å². The van der Waals surface area contributed by atoms with Crippen LogP contribution in [0.4, 0.5) is 0 Å². The van der Waals surface area contributed by atoms with Crippen LogP contribution in [0.2, 0.25) is 0 Å². The van der Waals surface area contributed by atoms with Crippen LogP contribution in [0.25, 0.3) is 0 Å². The first-order valence-electron chi connectivity index (χ1n) is 8.59. The molecular formula is C20H27N2O2P. The third kappa shape index (κ3) is 5.55. The van der Waals surface area contributed by atoms with E-state index in [0.29, 0.717) is 19.4 Å². The van der Waals surface area contributed by atoms with Crippen molar-refractivity contribution in [2.24, 2.45) is 11.7 Å². The second-order valence-electron chi connectivity index (χ2n) is 6.62. The fourth-order valence-corrected chi connectivity index (χ4v) is 5.74. The van der Waals surface area contributed by atoms with Gasteiger partial charge in [0.2, 0.25) is 5.91 Å². The number of nitrogens with two attached hydrogens (primary N) is 1. The number of amides is 1. The first-order valence-corrected chi connectivity index (χ1v) is 10.8. The van der Waals surface area contributed by atoms with Crippen molar-refractivity contribution in [3.05, 3.63) is 66.2 Å². The minimum atomic E-state index is -2.67. The first kappa shape index (κ1) is 19.4. The highest BCUT2D eigenvalue weighted by Gasteiger charge is 2.33. The van der Waals surface area contributed by atoms with Crippen LogP contribution in [0.15, 0.2) is 60.7 Å². The first-order chi connectivity index (χ1) is 11.9. The van der Waals surface area contributed by atoms with E-state index in [1.165, 1.54) is 0 Å². The summed E-state index contributed by atoms with van der Waals surface area (Å²) in [7, 11) is -2.67. The van der Waals surface area contributed by atoms with Gasteiger partial charge in [0.15, 0.2) is 0 Å². The maximum absolute atomic E-state index is 13.6. The normalized spacial score (nSPS) is 15.9. The number of hydrogen-bond donors (Lipinski definition) is 2. The van der Waals surface area contributed by atoms with Crippen LogP contribution in [0.1, 0.15) is 25.3 Å². The molecule has 134 valence electrons. The summed E-state index contributed by atoms with van der Waals surface area (Å²) < 4.78 is 13.6. The highest BCUT2D eigenvalue weighted by atomic mass is 31.2. The van der Waals surface area contributed by atoms with Crippen molar-refractivity contribution in [3.63, 3.8) is 0 Å². The van der Waals surface area contributed by atoms with Gasteiger partial charge < -0.3 is 15.6 Å². The quantitative estimate of drug-likeness (QED) is 0.676. The molecule has 0 radical (unpaired) electrons. The average molecular weight is 358 g/mol. The minimum absolute atomic E-state index is 0.0623. The number of primary amides is 1. The largest absolute Gasteiger partial charge is 0.370 e. The highest BCUT2D eigenvalue weighted by Crippen LogP contribution is 2.48. The summed E-state index contributed by atoms with van der Waals surface area (Å²) >= 11 is 0. The van der Waals surface area contributed by atoms with Gasteiger partial charge in [0.1, 0.15) is 7.14 Å². The summed E-state index contributed by atoms with van der Waals surface area (Å²) in [5, 5.41) is 4.34. The van der Waals surface area contributed by atoms with Crippen molar-refractivity contribution in [2.45, 2.75) is 32.1 Å². The van der Waals surface area contributed by atoms with Crippen LogP contribution in [-0.4, -0.2) is 18.4 Å². The van der Waals surface area contributed by atoms with Crippen molar-refractivity contribution in [3.8, 4) is 0 Å². The molecule has 2 rings (SSSR count). The number of nitrogens with one attached hydrogen (secondary N) is 1. The fourth-order valence-electron chi connectivity index (χ4n) is 3.09. The van der Waals surface area contributed by atoms with Crippen molar-refractivity contribution in [2.75, 3.05) is 6.66 Å². The molecule has 0 saturated carbocycles. The molecule has 2 unspecified atom stereocenters. The van der Waals surface area contributed by atoms with Crippen molar-refractivity contribution in [1.29, 1.82) is 0 Å². The second-order valence-corrected chi connectivity index (χ2v) is 9.67. The third-order valence-electron chi connectivity index (χ3n) is 4.54. The molecule has 0 spiro atoms. The number of carbonyl (C=O) groups is 1. The fraction of sp³-hybridized carbons (Fsp3) is 0.350. The second kappa shape index (κ2) is 8.98. The molecule has 5 heteroatoms. The lowest BCUT2D eigenvalue weighted by molar-refractivity contribution is -0.118. The van der Waals surface area contributed by atoms with Gasteiger partial charge in [0, 0.05) is 18.3 Å². The van der Waals surface area contributed by atoms with E-state index in [1.807, 2.05) is 74.3 Å². The third-order valence-corrected chi connectivity index (χ3v) is 7.62. The number of carbonyl (C=O) groups excluding carboxylic acids is 1. The molecule has 0 aliphatic heterocycles. The van der Waals surface area contributed by atoms with Gasteiger partial charge in [-0.1, -0.05) is 67.6 Å². The molecule has 0 heterocycles. The van der Waals surface area contributed by atoms with Gasteiger partial charge in [-0.05, 0) is 24.6 Å². The van der Waals surface area contributed by atoms with Crippen LogP contribution in [0.3, 0.4) is 0 Å². The Bertz CT molecular complexity index is 719. The Labute approximate surface area is 150 Å². The maximum atomic E-state index is 13.6. The van der Waals surface area contributed by atoms with Gasteiger partial charge in [0.05, 0.1) is 5.78 Å². The lowest BCUT2D eigenvalue weighted by Gasteiger charge is -2.31. The highest BCUT2D eigenvalue weighted by molar-refractivity contribution is 7.71. The molecule has 0 saturated heterocycles. The van der Waals surface area contributed by atoms with Gasteiger partial charge in [-0.3, -0.25) is 4.79 Å². The van der Waals surface area contributed by atoms with Crippen LogP contribution in [0.5, 0.6) is 0 Å². The van der Waals surface area contributed by atoms with Crippen LogP contribution < -0.4 is 16.4 Å². The summed E-state index contributed by atoms with van der Waals surface area (Å²) in [4.78, 5) is 11.2. The Kier molecular flexibility index (Phi) is 6.98. The number of benzene rings is 2. The Hall–Kier alpha value is -1.90. The minimum Gasteiger partial charge on any atom is -0.370 e. The van der Waals surface area contributed by atoms with E-state index in [9.17, 15) is 9.36 Å². The average Bonchev–Trinajstić information content (AvgIpc) is 2.61. The van der Waals surface area contributed by atoms with E-state index in [2.05, 4.69) is 5.32 Å². The molecular weight excluding hydrogens is 331 g/mol. The molecule has 2 aromatic rings. The molecule has 0 bridgehead atoms. The molecule has 1 amide bonds. The van der Waals surface area contributed by atoms with E-state index in [-0.39, 0.29) is 17.6 Å². The van der Waals surface area contributed by atoms with E-state index in [4.69, 9.17) is 5.73 Å². The predicted octanol–water partition coefficient (Wildman–Crippen LogP) is 3.32. The van der Waals surface area contributed by atoms with Gasteiger partial charge in [-0.15, -0.1) is 0 Å². The summed E-state index contributed by atoms with van der Waals surface area (Å²) in [5.74, 6) is -0.471. The number of hydrogen-bond acceptors (Lipinski definition) is 3. The lowest BCUT2D eigenvalue weighted by atomic mass is 10.0. The van der Waals surface area contributed by atoms with E-state index in [0.717, 1.165) is 10.9 Å². The molecule has 3 N–H and O–H groups in total. The molecule has 0 aliphatic carbocycles. The molecule has 3 atom stereocenters. The van der Waals surface area contributed by atoms with Gasteiger partial charge in [-0.25, -0.2) is 0 Å². The smallest absolute Gasteiger partial charge is 0.217 e. The van der Waals surface area contributed by atoms with Crippen molar-refractivity contribution >= 4 is 18.4 Å². The topological polar surface area (TPSA) is 72.2 Å². The monoisotopic (exact) mass is 358 g/mol. The lowest BCUT2D eigenvalue weighted by Crippen LogP contribution is -2.37. The molecule has 4 nitrogen and oxygen atoms in total. The summed E-state index contributed by atoms with van der Waals surface area (Å²) in [5.41, 5.74) is 6.44. The number of rotatable bonds is 9. The molecule has 0 aromatic heterocycles. The Balaban J connectivity index is 2.21. The van der Waals surface area contributed by atoms with Crippen molar-refractivity contribution in [1.82, 2.24) is 5.32 Å². The molecule has 0 aliphatic rings. The summed E-state index contributed by atoms with van der Waals surface area (Å²) in [6.45, 7) is 4.49.